The number of pyridine rings is 2. The average molecular weight is 345 g/mol. The lowest BCUT2D eigenvalue weighted by atomic mass is 10.3. The maximum atomic E-state index is 11.8. The van der Waals surface area contributed by atoms with Crippen LogP contribution in [0.4, 0.5) is 4.39 Å². The van der Waals surface area contributed by atoms with Gasteiger partial charge in [-0.1, -0.05) is 0 Å². The third-order valence-corrected chi connectivity index (χ3v) is 3.55. The van der Waals surface area contributed by atoms with Crippen molar-refractivity contribution in [2.75, 3.05) is 39.7 Å². The Labute approximate surface area is 145 Å². The summed E-state index contributed by atoms with van der Waals surface area (Å²) in [7, 11) is 0. The van der Waals surface area contributed by atoms with E-state index in [1.165, 1.54) is 0 Å². The maximum Gasteiger partial charge on any atom is 0.140 e. The molecule has 0 bridgehead atoms. The van der Waals surface area contributed by atoms with Gasteiger partial charge in [-0.25, -0.2) is 9.37 Å². The lowest BCUT2D eigenvalue weighted by Crippen LogP contribution is -2.11. The Hall–Kier alpha value is -2.51. The van der Waals surface area contributed by atoms with Gasteiger partial charge in [-0.3, -0.25) is 9.55 Å². The van der Waals surface area contributed by atoms with Gasteiger partial charge in [-0.2, -0.15) is 0 Å². The molecule has 0 saturated carbocycles. The van der Waals surface area contributed by atoms with Gasteiger partial charge < -0.3 is 14.2 Å². The van der Waals surface area contributed by atoms with Crippen LogP contribution in [-0.4, -0.2) is 54.2 Å². The number of aromatic nitrogens is 3. The number of hydrogen-bond acceptors (Lipinski definition) is 5. The molecule has 0 aliphatic rings. The van der Waals surface area contributed by atoms with E-state index in [4.69, 9.17) is 14.2 Å². The Morgan fingerprint density at radius 3 is 2.68 bits per heavy atom. The highest BCUT2D eigenvalue weighted by molar-refractivity contribution is 5.80. The number of alkyl halides is 1. The average Bonchev–Trinajstić information content (AvgIpc) is 3.08. The van der Waals surface area contributed by atoms with Gasteiger partial charge >= 0.3 is 0 Å². The molecule has 6 nitrogen and oxygen atoms in total. The van der Waals surface area contributed by atoms with Crippen LogP contribution in [-0.2, 0) is 9.47 Å². The molecule has 0 unspecified atom stereocenters. The summed E-state index contributed by atoms with van der Waals surface area (Å²) in [5, 5.41) is 1.10. The Bertz CT molecular complexity index is 794. The van der Waals surface area contributed by atoms with Gasteiger partial charge in [0.2, 0.25) is 0 Å². The normalized spacial score (nSPS) is 11.1. The Kier molecular flexibility index (Phi) is 6.30. The molecule has 3 heterocycles. The molecular formula is C18H20FN3O3. The minimum absolute atomic E-state index is 0.114. The zero-order valence-corrected chi connectivity index (χ0v) is 13.8. The number of fused-ring (bicyclic) bond motifs is 1. The van der Waals surface area contributed by atoms with E-state index in [0.29, 0.717) is 32.2 Å². The molecule has 0 saturated heterocycles. The first-order valence-corrected chi connectivity index (χ1v) is 8.10. The van der Waals surface area contributed by atoms with Crippen molar-refractivity contribution in [1.29, 1.82) is 0 Å². The van der Waals surface area contributed by atoms with Crippen LogP contribution in [0.25, 0.3) is 16.7 Å². The minimum atomic E-state index is -0.472. The third-order valence-electron chi connectivity index (χ3n) is 3.55. The third kappa shape index (κ3) is 4.74. The summed E-state index contributed by atoms with van der Waals surface area (Å²) < 4.78 is 29.8. The zero-order chi connectivity index (χ0) is 17.3. The van der Waals surface area contributed by atoms with Gasteiger partial charge in [0.15, 0.2) is 0 Å². The first-order valence-electron chi connectivity index (χ1n) is 8.10. The van der Waals surface area contributed by atoms with E-state index in [0.717, 1.165) is 16.7 Å². The second-order valence-corrected chi connectivity index (χ2v) is 5.23. The molecule has 25 heavy (non-hydrogen) atoms. The summed E-state index contributed by atoms with van der Waals surface area (Å²) >= 11 is 0. The number of halogens is 1. The molecule has 0 aliphatic carbocycles. The van der Waals surface area contributed by atoms with E-state index in [1.807, 2.05) is 35.2 Å². The summed E-state index contributed by atoms with van der Waals surface area (Å²) in [5.74, 6) is 1.48. The van der Waals surface area contributed by atoms with Crippen LogP contribution in [0, 0.1) is 0 Å². The molecule has 0 atom stereocenters. The Morgan fingerprint density at radius 1 is 0.960 bits per heavy atom. The molecule has 3 rings (SSSR count). The highest BCUT2D eigenvalue weighted by Gasteiger charge is 2.05. The van der Waals surface area contributed by atoms with Crippen molar-refractivity contribution in [3.05, 3.63) is 49.1 Å². The van der Waals surface area contributed by atoms with Gasteiger partial charge in [0.25, 0.3) is 0 Å². The van der Waals surface area contributed by atoms with Crippen LogP contribution in [0.5, 0.6) is 5.75 Å². The van der Waals surface area contributed by atoms with Crippen LogP contribution in [0.2, 0.25) is 0 Å². The largest absolute Gasteiger partial charge is 0.491 e. The molecule has 0 aliphatic heterocycles. The minimum Gasteiger partial charge on any atom is -0.491 e. The summed E-state index contributed by atoms with van der Waals surface area (Å²) in [5.41, 5.74) is 0.990. The van der Waals surface area contributed by atoms with Gasteiger partial charge in [-0.05, 0) is 18.2 Å². The van der Waals surface area contributed by atoms with E-state index in [9.17, 15) is 4.39 Å². The standard InChI is InChI=1S/C18H20FN3O3/c19-4-8-23-9-10-24-11-12-25-16-2-6-21-18(13-16)22-7-3-15-1-5-20-14-17(15)22/h1-3,5-7,13-14H,4,8-12H2. The first kappa shape index (κ1) is 17.3. The monoisotopic (exact) mass is 345 g/mol. The van der Waals surface area contributed by atoms with Crippen LogP contribution < -0.4 is 4.74 Å². The van der Waals surface area contributed by atoms with Gasteiger partial charge in [0.05, 0.1) is 38.1 Å². The molecule has 0 N–H and O–H groups in total. The molecule has 0 aromatic carbocycles. The van der Waals surface area contributed by atoms with Crippen molar-refractivity contribution in [2.45, 2.75) is 0 Å². The van der Waals surface area contributed by atoms with Crippen molar-refractivity contribution in [2.24, 2.45) is 0 Å². The molecule has 3 aromatic heterocycles. The number of nitrogens with zero attached hydrogens (tertiary/aromatic N) is 3. The lowest BCUT2D eigenvalue weighted by molar-refractivity contribution is 0.0325. The Morgan fingerprint density at radius 2 is 1.80 bits per heavy atom. The highest BCUT2D eigenvalue weighted by atomic mass is 19.1. The molecule has 0 spiro atoms. The van der Waals surface area contributed by atoms with Gasteiger partial charge in [0, 0.05) is 30.0 Å². The smallest absolute Gasteiger partial charge is 0.140 e. The predicted octanol–water partition coefficient (Wildman–Crippen LogP) is 2.80. The molecule has 132 valence electrons. The maximum absolute atomic E-state index is 11.8. The summed E-state index contributed by atoms with van der Waals surface area (Å²) in [4.78, 5) is 8.56. The van der Waals surface area contributed by atoms with Crippen LogP contribution in [0.15, 0.2) is 49.1 Å². The fourth-order valence-corrected chi connectivity index (χ4v) is 2.39. The van der Waals surface area contributed by atoms with E-state index in [1.54, 1.807) is 18.5 Å². The SMILES string of the molecule is FCCOCCOCCOc1ccnc(-n2ccc3ccncc32)c1. The van der Waals surface area contributed by atoms with Gasteiger partial charge in [-0.15, -0.1) is 0 Å². The first-order chi connectivity index (χ1) is 12.4. The van der Waals surface area contributed by atoms with Crippen molar-refractivity contribution >= 4 is 10.9 Å². The lowest BCUT2D eigenvalue weighted by Gasteiger charge is -2.09. The molecule has 0 amide bonds. The number of ether oxygens (including phenoxy) is 3. The predicted molar refractivity (Wildman–Crippen MR) is 92.0 cm³/mol. The fraction of sp³-hybridized carbons (Fsp3) is 0.333. The van der Waals surface area contributed by atoms with Gasteiger partial charge in [0.1, 0.15) is 24.8 Å². The van der Waals surface area contributed by atoms with Crippen LogP contribution in [0.3, 0.4) is 0 Å². The van der Waals surface area contributed by atoms with Crippen molar-refractivity contribution in [1.82, 2.24) is 14.5 Å². The van der Waals surface area contributed by atoms with E-state index < -0.39 is 6.67 Å². The summed E-state index contributed by atoms with van der Waals surface area (Å²) in [6.45, 7) is 1.31. The quantitative estimate of drug-likeness (QED) is 0.529. The summed E-state index contributed by atoms with van der Waals surface area (Å²) in [6.07, 6.45) is 7.24. The van der Waals surface area contributed by atoms with E-state index >= 15 is 0 Å². The molecule has 7 heteroatoms. The molecule has 0 radical (unpaired) electrons. The fourth-order valence-electron chi connectivity index (χ4n) is 2.39. The zero-order valence-electron chi connectivity index (χ0n) is 13.8. The van der Waals surface area contributed by atoms with Crippen molar-refractivity contribution in [3.63, 3.8) is 0 Å². The van der Waals surface area contributed by atoms with Crippen LogP contribution in [0.1, 0.15) is 0 Å². The highest BCUT2D eigenvalue weighted by Crippen LogP contribution is 2.20. The second kappa shape index (κ2) is 9.10. The molecular weight excluding hydrogens is 325 g/mol. The summed E-state index contributed by atoms with van der Waals surface area (Å²) in [6, 6.07) is 7.65. The van der Waals surface area contributed by atoms with E-state index in [2.05, 4.69) is 9.97 Å². The van der Waals surface area contributed by atoms with E-state index in [-0.39, 0.29) is 6.61 Å². The number of hydrogen-bond donors (Lipinski definition) is 0. The Balaban J connectivity index is 1.52. The number of rotatable bonds is 10. The topological polar surface area (TPSA) is 58.4 Å². The van der Waals surface area contributed by atoms with Crippen molar-refractivity contribution < 1.29 is 18.6 Å². The molecule has 3 aromatic rings. The second-order valence-electron chi connectivity index (χ2n) is 5.23. The molecule has 0 fully saturated rings. The van der Waals surface area contributed by atoms with Crippen molar-refractivity contribution in [3.8, 4) is 11.6 Å². The van der Waals surface area contributed by atoms with Crippen LogP contribution >= 0.6 is 0 Å².